The number of carbonyl (C=O) groups excluding carboxylic acids is 1. The molecule has 0 bridgehead atoms. The minimum Gasteiger partial charge on any atom is -0.293 e. The molecule has 0 unspecified atom stereocenters. The molecule has 0 saturated carbocycles. The van der Waals surface area contributed by atoms with Gasteiger partial charge in [-0.1, -0.05) is 11.8 Å². The van der Waals surface area contributed by atoms with Gasteiger partial charge in [0.05, 0.1) is 5.75 Å². The van der Waals surface area contributed by atoms with Crippen LogP contribution in [0.25, 0.3) is 0 Å². The molecule has 0 saturated heterocycles. The first-order valence-corrected chi connectivity index (χ1v) is 6.67. The van der Waals surface area contributed by atoms with Crippen molar-refractivity contribution in [1.82, 2.24) is 14.8 Å². The molecule has 0 radical (unpaired) electrons. The van der Waals surface area contributed by atoms with Gasteiger partial charge in [-0.05, 0) is 31.2 Å². The van der Waals surface area contributed by atoms with Crippen LogP contribution in [-0.2, 0) is 6.54 Å². The summed E-state index contributed by atoms with van der Waals surface area (Å²) in [5, 5.41) is 6.65. The summed E-state index contributed by atoms with van der Waals surface area (Å²) in [5.74, 6) is -0.366. The SMILES string of the molecule is CCn1c(SCC(=O)c2ccc(F)cc2)n[nH]c1=O. The average Bonchev–Trinajstić information content (AvgIpc) is 2.77. The maximum atomic E-state index is 12.7. The van der Waals surface area contributed by atoms with Crippen molar-refractivity contribution in [3.63, 3.8) is 0 Å². The van der Waals surface area contributed by atoms with Crippen molar-refractivity contribution in [2.45, 2.75) is 18.6 Å². The van der Waals surface area contributed by atoms with E-state index in [0.717, 1.165) is 0 Å². The van der Waals surface area contributed by atoms with Crippen molar-refractivity contribution in [2.24, 2.45) is 0 Å². The van der Waals surface area contributed by atoms with Gasteiger partial charge in [-0.15, -0.1) is 5.10 Å². The van der Waals surface area contributed by atoms with Gasteiger partial charge >= 0.3 is 5.69 Å². The molecule has 100 valence electrons. The highest BCUT2D eigenvalue weighted by Gasteiger charge is 2.11. The summed E-state index contributed by atoms with van der Waals surface area (Å²) in [6.45, 7) is 2.31. The third-order valence-electron chi connectivity index (χ3n) is 2.54. The number of Topliss-reactive ketones (excluding diaryl/α,β-unsaturated/α-hetero) is 1. The van der Waals surface area contributed by atoms with Crippen molar-refractivity contribution in [3.8, 4) is 0 Å². The van der Waals surface area contributed by atoms with E-state index in [1.165, 1.54) is 40.6 Å². The van der Waals surface area contributed by atoms with Gasteiger partial charge in [-0.2, -0.15) is 0 Å². The monoisotopic (exact) mass is 281 g/mol. The molecule has 0 atom stereocenters. The molecule has 1 heterocycles. The number of benzene rings is 1. The van der Waals surface area contributed by atoms with E-state index in [4.69, 9.17) is 0 Å². The predicted octanol–water partition coefficient (Wildman–Crippen LogP) is 1.71. The number of thioether (sulfide) groups is 1. The van der Waals surface area contributed by atoms with Crippen LogP contribution in [0.15, 0.2) is 34.2 Å². The summed E-state index contributed by atoms with van der Waals surface area (Å²) in [5.41, 5.74) is 0.147. The van der Waals surface area contributed by atoms with Gasteiger partial charge in [0, 0.05) is 12.1 Å². The third-order valence-corrected chi connectivity index (χ3v) is 3.51. The van der Waals surface area contributed by atoms with Gasteiger partial charge in [0.25, 0.3) is 0 Å². The predicted molar refractivity (Wildman–Crippen MR) is 70.0 cm³/mol. The Morgan fingerprint density at radius 1 is 1.42 bits per heavy atom. The molecular formula is C12H12FN3O2S. The number of ketones is 1. The Balaban J connectivity index is 2.04. The molecule has 1 N–H and O–H groups in total. The Hall–Kier alpha value is -1.89. The van der Waals surface area contributed by atoms with Crippen molar-refractivity contribution < 1.29 is 9.18 Å². The first-order chi connectivity index (χ1) is 9.11. The summed E-state index contributed by atoms with van der Waals surface area (Å²) in [4.78, 5) is 23.2. The lowest BCUT2D eigenvalue weighted by atomic mass is 10.1. The van der Waals surface area contributed by atoms with Crippen molar-refractivity contribution in [2.75, 3.05) is 5.75 Å². The molecule has 7 heteroatoms. The van der Waals surface area contributed by atoms with Crippen LogP contribution >= 0.6 is 11.8 Å². The zero-order valence-electron chi connectivity index (χ0n) is 10.2. The molecule has 0 spiro atoms. The molecule has 0 aliphatic carbocycles. The maximum Gasteiger partial charge on any atom is 0.343 e. The fourth-order valence-electron chi connectivity index (χ4n) is 1.54. The maximum absolute atomic E-state index is 12.7. The highest BCUT2D eigenvalue weighted by molar-refractivity contribution is 7.99. The minimum atomic E-state index is -0.378. The Bertz CT molecular complexity index is 633. The van der Waals surface area contributed by atoms with Gasteiger partial charge in [0.15, 0.2) is 10.9 Å². The van der Waals surface area contributed by atoms with Gasteiger partial charge in [-0.3, -0.25) is 9.36 Å². The van der Waals surface area contributed by atoms with Crippen LogP contribution in [0.3, 0.4) is 0 Å². The van der Waals surface area contributed by atoms with Crippen molar-refractivity contribution in [3.05, 3.63) is 46.1 Å². The lowest BCUT2D eigenvalue weighted by Crippen LogP contribution is -2.16. The molecule has 19 heavy (non-hydrogen) atoms. The largest absolute Gasteiger partial charge is 0.343 e. The molecule has 0 aliphatic heterocycles. The number of nitrogens with one attached hydrogen (secondary N) is 1. The molecule has 1 aromatic heterocycles. The number of nitrogens with zero attached hydrogens (tertiary/aromatic N) is 2. The van der Waals surface area contributed by atoms with E-state index in [9.17, 15) is 14.0 Å². The van der Waals surface area contributed by atoms with Crippen LogP contribution in [0.1, 0.15) is 17.3 Å². The number of halogens is 1. The number of hydrogen-bond acceptors (Lipinski definition) is 4. The lowest BCUT2D eigenvalue weighted by molar-refractivity contribution is 0.102. The Labute approximate surface area is 112 Å². The van der Waals surface area contributed by atoms with E-state index in [1.54, 1.807) is 0 Å². The number of aromatic amines is 1. The molecule has 1 aromatic carbocycles. The summed E-state index contributed by atoms with van der Waals surface area (Å²) in [6.07, 6.45) is 0. The molecule has 5 nitrogen and oxygen atoms in total. The Morgan fingerprint density at radius 2 is 2.11 bits per heavy atom. The number of carbonyl (C=O) groups is 1. The van der Waals surface area contributed by atoms with Crippen molar-refractivity contribution >= 4 is 17.5 Å². The lowest BCUT2D eigenvalue weighted by Gasteiger charge is -2.02. The summed E-state index contributed by atoms with van der Waals surface area (Å²) < 4.78 is 14.2. The Morgan fingerprint density at radius 3 is 2.74 bits per heavy atom. The van der Waals surface area contributed by atoms with E-state index >= 15 is 0 Å². The average molecular weight is 281 g/mol. The van der Waals surface area contributed by atoms with Gasteiger partial charge in [0.2, 0.25) is 0 Å². The van der Waals surface area contributed by atoms with Crippen LogP contribution in [0.5, 0.6) is 0 Å². The summed E-state index contributed by atoms with van der Waals surface area (Å²) in [6, 6.07) is 5.37. The van der Waals surface area contributed by atoms with Crippen LogP contribution in [0.2, 0.25) is 0 Å². The van der Waals surface area contributed by atoms with E-state index in [-0.39, 0.29) is 23.0 Å². The molecular weight excluding hydrogens is 269 g/mol. The van der Waals surface area contributed by atoms with Crippen LogP contribution in [0.4, 0.5) is 4.39 Å². The topological polar surface area (TPSA) is 67.8 Å². The van der Waals surface area contributed by atoms with Crippen LogP contribution < -0.4 is 5.69 Å². The quantitative estimate of drug-likeness (QED) is 0.669. The smallest absolute Gasteiger partial charge is 0.293 e. The first kappa shape index (κ1) is 13.5. The van der Waals surface area contributed by atoms with E-state index in [0.29, 0.717) is 17.3 Å². The fourth-order valence-corrected chi connectivity index (χ4v) is 2.45. The molecule has 0 amide bonds. The summed E-state index contributed by atoms with van der Waals surface area (Å²) >= 11 is 1.18. The van der Waals surface area contributed by atoms with Crippen LogP contribution in [0, 0.1) is 5.82 Å². The minimum absolute atomic E-state index is 0.136. The van der Waals surface area contributed by atoms with Gasteiger partial charge in [-0.25, -0.2) is 14.3 Å². The fraction of sp³-hybridized carbons (Fsp3) is 0.250. The van der Waals surface area contributed by atoms with Crippen LogP contribution in [-0.4, -0.2) is 26.3 Å². The number of hydrogen-bond donors (Lipinski definition) is 1. The van der Waals surface area contributed by atoms with E-state index in [2.05, 4.69) is 10.2 Å². The molecule has 2 aromatic rings. The van der Waals surface area contributed by atoms with Crippen molar-refractivity contribution in [1.29, 1.82) is 0 Å². The number of H-pyrrole nitrogens is 1. The van der Waals surface area contributed by atoms with E-state index < -0.39 is 0 Å². The zero-order chi connectivity index (χ0) is 13.8. The summed E-state index contributed by atoms with van der Waals surface area (Å²) in [7, 11) is 0. The number of aromatic nitrogens is 3. The number of rotatable bonds is 5. The second-order valence-corrected chi connectivity index (χ2v) is 4.72. The van der Waals surface area contributed by atoms with Gasteiger partial charge < -0.3 is 0 Å². The highest BCUT2D eigenvalue weighted by atomic mass is 32.2. The Kier molecular flexibility index (Phi) is 4.16. The zero-order valence-corrected chi connectivity index (χ0v) is 11.0. The molecule has 2 rings (SSSR count). The van der Waals surface area contributed by atoms with E-state index in [1.807, 2.05) is 6.92 Å². The standard InChI is InChI=1S/C12H12FN3O2S/c1-2-16-11(18)14-15-12(16)19-7-10(17)8-3-5-9(13)6-4-8/h3-6H,2,7H2,1H3,(H,14,18). The second kappa shape index (κ2) is 5.83. The molecule has 0 aliphatic rings. The third kappa shape index (κ3) is 3.11. The first-order valence-electron chi connectivity index (χ1n) is 5.68. The van der Waals surface area contributed by atoms with Gasteiger partial charge in [0.1, 0.15) is 5.82 Å². The molecule has 0 fully saturated rings. The highest BCUT2D eigenvalue weighted by Crippen LogP contribution is 2.15. The normalized spacial score (nSPS) is 10.6. The second-order valence-electron chi connectivity index (χ2n) is 3.77.